The van der Waals surface area contributed by atoms with Crippen LogP contribution in [0.5, 0.6) is 5.75 Å². The van der Waals surface area contributed by atoms with E-state index in [1.54, 1.807) is 12.1 Å². The first-order chi connectivity index (χ1) is 11.6. The normalized spacial score (nSPS) is 11.0. The molecule has 6 heteroatoms. The molecule has 124 valence electrons. The summed E-state index contributed by atoms with van der Waals surface area (Å²) >= 11 is 1.50. The molecule has 0 saturated heterocycles. The molecule has 0 radical (unpaired) electrons. The van der Waals surface area contributed by atoms with Gasteiger partial charge in [-0.05, 0) is 43.7 Å². The summed E-state index contributed by atoms with van der Waals surface area (Å²) in [6.07, 6.45) is 0.0846. The van der Waals surface area contributed by atoms with Gasteiger partial charge in [0.2, 0.25) is 5.16 Å². The molecule has 0 fully saturated rings. The zero-order valence-electron chi connectivity index (χ0n) is 13.5. The van der Waals surface area contributed by atoms with Crippen molar-refractivity contribution in [3.8, 4) is 17.1 Å². The van der Waals surface area contributed by atoms with E-state index < -0.39 is 0 Å². The summed E-state index contributed by atoms with van der Waals surface area (Å²) in [7, 11) is 0. The number of hydrogen-bond donors (Lipinski definition) is 1. The largest absolute Gasteiger partial charge is 0.490 e. The first-order valence-corrected chi connectivity index (χ1v) is 8.66. The minimum Gasteiger partial charge on any atom is -0.490 e. The van der Waals surface area contributed by atoms with Crippen molar-refractivity contribution >= 4 is 11.8 Å². The van der Waals surface area contributed by atoms with Gasteiger partial charge in [0.05, 0.1) is 11.7 Å². The molecule has 0 unspecified atom stereocenters. The molecule has 0 spiro atoms. The average Bonchev–Trinajstić information content (AvgIpc) is 3.03. The van der Waals surface area contributed by atoms with Gasteiger partial charge in [0, 0.05) is 5.75 Å². The fourth-order valence-electron chi connectivity index (χ4n) is 2.18. The maximum Gasteiger partial charge on any atom is 0.209 e. The van der Waals surface area contributed by atoms with Crippen molar-refractivity contribution in [1.29, 1.82) is 0 Å². The van der Waals surface area contributed by atoms with Crippen LogP contribution in [0.4, 0.5) is 4.39 Å². The summed E-state index contributed by atoms with van der Waals surface area (Å²) < 4.78 is 18.7. The lowest BCUT2D eigenvalue weighted by molar-refractivity contribution is 0.243. The Morgan fingerprint density at radius 1 is 1.12 bits per heavy atom. The fraction of sp³-hybridized carbons (Fsp3) is 0.222. The highest BCUT2D eigenvalue weighted by Gasteiger charge is 2.12. The molecule has 0 amide bonds. The van der Waals surface area contributed by atoms with E-state index in [1.165, 1.54) is 23.9 Å². The zero-order valence-corrected chi connectivity index (χ0v) is 14.3. The SMILES string of the molecule is CC(C)Oc1ccccc1-c1nc(SCc2ccc(F)cc2)n[nH]1. The fourth-order valence-corrected chi connectivity index (χ4v) is 2.93. The Hall–Kier alpha value is -2.34. The van der Waals surface area contributed by atoms with Crippen LogP contribution in [0, 0.1) is 5.82 Å². The van der Waals surface area contributed by atoms with E-state index in [2.05, 4.69) is 15.2 Å². The maximum atomic E-state index is 12.9. The van der Waals surface area contributed by atoms with Crippen molar-refractivity contribution < 1.29 is 9.13 Å². The summed E-state index contributed by atoms with van der Waals surface area (Å²) in [4.78, 5) is 4.52. The third-order valence-electron chi connectivity index (χ3n) is 3.25. The van der Waals surface area contributed by atoms with Gasteiger partial charge in [-0.25, -0.2) is 9.37 Å². The van der Waals surface area contributed by atoms with E-state index in [9.17, 15) is 4.39 Å². The Morgan fingerprint density at radius 2 is 1.88 bits per heavy atom. The number of nitrogens with zero attached hydrogens (tertiary/aromatic N) is 2. The molecule has 0 aliphatic rings. The molecule has 1 heterocycles. The number of nitrogens with one attached hydrogen (secondary N) is 1. The van der Waals surface area contributed by atoms with Crippen molar-refractivity contribution in [3.63, 3.8) is 0 Å². The van der Waals surface area contributed by atoms with Crippen LogP contribution in [0.1, 0.15) is 19.4 Å². The number of aromatic amines is 1. The first-order valence-electron chi connectivity index (χ1n) is 7.67. The molecule has 0 aliphatic carbocycles. The quantitative estimate of drug-likeness (QED) is 0.660. The smallest absolute Gasteiger partial charge is 0.209 e. The summed E-state index contributed by atoms with van der Waals surface area (Å²) in [6, 6.07) is 14.2. The second kappa shape index (κ2) is 7.49. The van der Waals surface area contributed by atoms with Gasteiger partial charge in [-0.15, -0.1) is 5.10 Å². The molecule has 4 nitrogen and oxygen atoms in total. The number of aromatic nitrogens is 3. The third kappa shape index (κ3) is 4.14. The van der Waals surface area contributed by atoms with Gasteiger partial charge in [-0.2, -0.15) is 0 Å². The van der Waals surface area contributed by atoms with E-state index in [0.717, 1.165) is 16.9 Å². The second-order valence-electron chi connectivity index (χ2n) is 5.54. The van der Waals surface area contributed by atoms with Gasteiger partial charge >= 0.3 is 0 Å². The van der Waals surface area contributed by atoms with Crippen LogP contribution in [0.25, 0.3) is 11.4 Å². The van der Waals surface area contributed by atoms with Gasteiger partial charge in [-0.1, -0.05) is 36.0 Å². The van der Waals surface area contributed by atoms with Crippen LogP contribution in [-0.4, -0.2) is 21.3 Å². The standard InChI is InChI=1S/C18H18FN3OS/c1-12(2)23-16-6-4-3-5-15(16)17-20-18(22-21-17)24-11-13-7-9-14(19)10-8-13/h3-10,12H,11H2,1-2H3,(H,20,21,22). The number of benzene rings is 2. The van der Waals surface area contributed by atoms with Gasteiger partial charge in [0.1, 0.15) is 11.6 Å². The number of thioether (sulfide) groups is 1. The lowest BCUT2D eigenvalue weighted by Crippen LogP contribution is -2.06. The molecule has 0 saturated carbocycles. The van der Waals surface area contributed by atoms with Gasteiger partial charge in [-0.3, -0.25) is 5.10 Å². The van der Waals surface area contributed by atoms with E-state index in [0.29, 0.717) is 16.7 Å². The first kappa shape index (κ1) is 16.5. The Kier molecular flexibility index (Phi) is 5.15. The predicted octanol–water partition coefficient (Wildman–Crippen LogP) is 4.69. The lowest BCUT2D eigenvalue weighted by atomic mass is 10.2. The molecule has 1 N–H and O–H groups in total. The van der Waals surface area contributed by atoms with Crippen LogP contribution >= 0.6 is 11.8 Å². The minimum absolute atomic E-state index is 0.0846. The number of H-pyrrole nitrogens is 1. The van der Waals surface area contributed by atoms with Gasteiger partial charge in [0.15, 0.2) is 5.82 Å². The molecule has 0 atom stereocenters. The Bertz CT molecular complexity index is 802. The molecule has 3 aromatic rings. The number of ether oxygens (including phenoxy) is 1. The predicted molar refractivity (Wildman–Crippen MR) is 93.5 cm³/mol. The van der Waals surface area contributed by atoms with Crippen molar-refractivity contribution in [2.24, 2.45) is 0 Å². The van der Waals surface area contributed by atoms with Gasteiger partial charge < -0.3 is 4.74 Å². The third-order valence-corrected chi connectivity index (χ3v) is 4.17. The highest BCUT2D eigenvalue weighted by Crippen LogP contribution is 2.29. The number of halogens is 1. The van der Waals surface area contributed by atoms with E-state index in [-0.39, 0.29) is 11.9 Å². The minimum atomic E-state index is -0.231. The van der Waals surface area contributed by atoms with Crippen molar-refractivity contribution in [2.45, 2.75) is 30.9 Å². The molecule has 24 heavy (non-hydrogen) atoms. The summed E-state index contributed by atoms with van der Waals surface area (Å²) in [5.41, 5.74) is 1.91. The van der Waals surface area contributed by atoms with Crippen LogP contribution in [0.2, 0.25) is 0 Å². The second-order valence-corrected chi connectivity index (χ2v) is 6.49. The van der Waals surface area contributed by atoms with Crippen LogP contribution in [0.15, 0.2) is 53.7 Å². The average molecular weight is 343 g/mol. The summed E-state index contributed by atoms with van der Waals surface area (Å²) in [5, 5.41) is 7.85. The molecular weight excluding hydrogens is 325 g/mol. The van der Waals surface area contributed by atoms with E-state index in [1.807, 2.05) is 38.1 Å². The summed E-state index contributed by atoms with van der Waals surface area (Å²) in [6.45, 7) is 3.97. The highest BCUT2D eigenvalue weighted by molar-refractivity contribution is 7.98. The molecule has 3 rings (SSSR count). The van der Waals surface area contributed by atoms with Crippen LogP contribution in [0.3, 0.4) is 0 Å². The molecule has 1 aromatic heterocycles. The van der Waals surface area contributed by atoms with Crippen molar-refractivity contribution in [3.05, 3.63) is 59.9 Å². The monoisotopic (exact) mass is 343 g/mol. The van der Waals surface area contributed by atoms with Crippen LogP contribution < -0.4 is 4.74 Å². The Balaban J connectivity index is 1.72. The Morgan fingerprint density at radius 3 is 2.62 bits per heavy atom. The number of rotatable bonds is 6. The molecule has 0 aliphatic heterocycles. The highest BCUT2D eigenvalue weighted by atomic mass is 32.2. The maximum absolute atomic E-state index is 12.9. The Labute approximate surface area is 144 Å². The molecule has 2 aromatic carbocycles. The van der Waals surface area contributed by atoms with Crippen molar-refractivity contribution in [1.82, 2.24) is 15.2 Å². The molecule has 0 bridgehead atoms. The topological polar surface area (TPSA) is 50.8 Å². The molecular formula is C18H18FN3OS. The number of para-hydroxylation sites is 1. The zero-order chi connectivity index (χ0) is 16.9. The van der Waals surface area contributed by atoms with E-state index >= 15 is 0 Å². The van der Waals surface area contributed by atoms with Gasteiger partial charge in [0.25, 0.3) is 0 Å². The van der Waals surface area contributed by atoms with Crippen molar-refractivity contribution in [2.75, 3.05) is 0 Å². The summed E-state index contributed by atoms with van der Waals surface area (Å²) in [5.74, 6) is 1.90. The van der Waals surface area contributed by atoms with E-state index in [4.69, 9.17) is 4.74 Å². The lowest BCUT2D eigenvalue weighted by Gasteiger charge is -2.12. The number of hydrogen-bond acceptors (Lipinski definition) is 4. The van der Waals surface area contributed by atoms with Crippen LogP contribution in [-0.2, 0) is 5.75 Å².